The number of nitrogens with zero attached hydrogens (tertiary/aromatic N) is 2. The van der Waals surface area contributed by atoms with E-state index in [9.17, 15) is 14.4 Å². The van der Waals surface area contributed by atoms with Crippen molar-refractivity contribution in [3.63, 3.8) is 0 Å². The highest BCUT2D eigenvalue weighted by Gasteiger charge is 2.78. The Morgan fingerprint density at radius 3 is 2.06 bits per heavy atom. The normalized spacial score (nSPS) is 29.8. The molecule has 1 saturated heterocycles. The van der Waals surface area contributed by atoms with Crippen molar-refractivity contribution in [1.82, 2.24) is 9.88 Å². The fraction of sp³-hybridized carbons (Fsp3) is 0.259. The van der Waals surface area contributed by atoms with Crippen LogP contribution >= 0.6 is 0 Å². The lowest BCUT2D eigenvalue weighted by Gasteiger charge is -2.59. The highest BCUT2D eigenvalue weighted by Crippen LogP contribution is 2.80. The fourth-order valence-corrected chi connectivity index (χ4v) is 7.08. The van der Waals surface area contributed by atoms with Crippen molar-refractivity contribution < 1.29 is 19.1 Å². The number of carbonyl (C=O) groups excluding carboxylic acids is 3. The van der Waals surface area contributed by atoms with Gasteiger partial charge in [0.2, 0.25) is 11.8 Å². The zero-order valence-corrected chi connectivity index (χ0v) is 17.7. The van der Waals surface area contributed by atoms with Crippen LogP contribution < -0.4 is 0 Å². The van der Waals surface area contributed by atoms with Crippen LogP contribution in [0, 0.1) is 11.8 Å². The standard InChI is InChI=1S/C27H20N2O4/c30-24-20-21(25(31)29(24)12-13-33-26(32)15-6-5-11-28-14-15)23-17-8-2-4-10-19(17)27(23)18-9-3-1-7-16(18)22(20)27/h1-11,14,20-23H,12-13H2. The lowest BCUT2D eigenvalue weighted by atomic mass is 9.43. The SMILES string of the molecule is O=C(OCCN1C(=O)C2C(C1=O)C1c3ccccc3C13c1ccccc1C23)c1cccnc1. The number of amides is 2. The number of carbonyl (C=O) groups is 3. The van der Waals surface area contributed by atoms with Crippen LogP contribution in [0.3, 0.4) is 0 Å². The summed E-state index contributed by atoms with van der Waals surface area (Å²) in [5.74, 6) is -1.46. The van der Waals surface area contributed by atoms with Crippen molar-refractivity contribution in [2.75, 3.05) is 13.2 Å². The first-order valence-corrected chi connectivity index (χ1v) is 11.3. The van der Waals surface area contributed by atoms with Crippen molar-refractivity contribution >= 4 is 17.8 Å². The third-order valence-electron chi connectivity index (χ3n) is 8.12. The highest BCUT2D eigenvalue weighted by atomic mass is 16.5. The van der Waals surface area contributed by atoms with Crippen LogP contribution in [0.1, 0.15) is 44.4 Å². The molecule has 3 aromatic rings. The van der Waals surface area contributed by atoms with Crippen LogP contribution in [0.2, 0.25) is 0 Å². The predicted molar refractivity (Wildman–Crippen MR) is 117 cm³/mol. The van der Waals surface area contributed by atoms with Crippen LogP contribution in [0.25, 0.3) is 0 Å². The molecule has 2 fully saturated rings. The first kappa shape index (κ1) is 18.7. The van der Waals surface area contributed by atoms with E-state index in [1.807, 2.05) is 24.3 Å². The monoisotopic (exact) mass is 436 g/mol. The summed E-state index contributed by atoms with van der Waals surface area (Å²) in [6, 6.07) is 19.9. The number of imide groups is 1. The van der Waals surface area contributed by atoms with Crippen LogP contribution in [0.4, 0.5) is 0 Å². The third-order valence-corrected chi connectivity index (χ3v) is 8.12. The highest BCUT2D eigenvalue weighted by molar-refractivity contribution is 6.08. The van der Waals surface area contributed by atoms with Gasteiger partial charge in [-0.2, -0.15) is 0 Å². The first-order valence-electron chi connectivity index (χ1n) is 11.3. The maximum absolute atomic E-state index is 13.6. The Balaban J connectivity index is 1.18. The van der Waals surface area contributed by atoms with Gasteiger partial charge in [0, 0.05) is 29.6 Å². The quantitative estimate of drug-likeness (QED) is 0.464. The topological polar surface area (TPSA) is 76.6 Å². The Morgan fingerprint density at radius 2 is 1.48 bits per heavy atom. The summed E-state index contributed by atoms with van der Waals surface area (Å²) in [4.78, 5) is 44.6. The molecule has 1 aromatic heterocycles. The predicted octanol–water partition coefficient (Wildman–Crippen LogP) is 3.03. The number of esters is 1. The molecule has 6 nitrogen and oxygen atoms in total. The Morgan fingerprint density at radius 1 is 0.879 bits per heavy atom. The van der Waals surface area contributed by atoms with Gasteiger partial charge in [-0.15, -0.1) is 0 Å². The van der Waals surface area contributed by atoms with Gasteiger partial charge in [-0.3, -0.25) is 19.5 Å². The van der Waals surface area contributed by atoms with Crippen LogP contribution in [-0.2, 0) is 19.7 Å². The number of ether oxygens (including phenoxy) is 1. The first-order chi connectivity index (χ1) is 16.2. The number of pyridine rings is 1. The molecule has 4 atom stereocenters. The van der Waals surface area contributed by atoms with E-state index >= 15 is 0 Å². The number of benzene rings is 2. The van der Waals surface area contributed by atoms with Crippen LogP contribution in [0.15, 0.2) is 73.1 Å². The summed E-state index contributed by atoms with van der Waals surface area (Å²) in [5, 5.41) is 0. The van der Waals surface area contributed by atoms with E-state index < -0.39 is 5.97 Å². The Kier molecular flexibility index (Phi) is 3.62. The number of rotatable bonds is 4. The van der Waals surface area contributed by atoms with E-state index in [2.05, 4.69) is 29.2 Å². The van der Waals surface area contributed by atoms with E-state index in [4.69, 9.17) is 4.74 Å². The summed E-state index contributed by atoms with van der Waals surface area (Å²) in [6.07, 6.45) is 3.01. The second-order valence-electron chi connectivity index (χ2n) is 9.26. The molecule has 1 aliphatic heterocycles. The molecule has 6 heteroatoms. The molecule has 2 amide bonds. The number of hydrogen-bond acceptors (Lipinski definition) is 5. The molecule has 162 valence electrons. The van der Waals surface area contributed by atoms with Crippen LogP contribution in [0.5, 0.6) is 0 Å². The molecule has 0 N–H and O–H groups in total. The van der Waals surface area contributed by atoms with Crippen molar-refractivity contribution in [2.45, 2.75) is 17.3 Å². The summed E-state index contributed by atoms with van der Waals surface area (Å²) in [5.41, 5.74) is 5.05. The summed E-state index contributed by atoms with van der Waals surface area (Å²) in [6.45, 7) is 0.0463. The summed E-state index contributed by atoms with van der Waals surface area (Å²) < 4.78 is 5.32. The molecule has 33 heavy (non-hydrogen) atoms. The minimum atomic E-state index is -0.512. The van der Waals surface area contributed by atoms with E-state index in [0.717, 1.165) is 0 Å². The molecule has 1 saturated carbocycles. The van der Waals surface area contributed by atoms with Gasteiger partial charge in [0.15, 0.2) is 0 Å². The molecule has 0 radical (unpaired) electrons. The molecule has 2 aromatic carbocycles. The van der Waals surface area contributed by atoms with Crippen molar-refractivity contribution in [2.24, 2.45) is 11.8 Å². The number of aromatic nitrogens is 1. The molecule has 4 unspecified atom stereocenters. The number of hydrogen-bond donors (Lipinski definition) is 0. The van der Waals surface area contributed by atoms with Gasteiger partial charge in [0.1, 0.15) is 6.61 Å². The largest absolute Gasteiger partial charge is 0.460 e. The zero-order chi connectivity index (χ0) is 22.3. The fourth-order valence-electron chi connectivity index (χ4n) is 7.08. The molecule has 0 bridgehead atoms. The van der Waals surface area contributed by atoms with E-state index in [1.54, 1.807) is 18.3 Å². The third kappa shape index (κ3) is 2.09. The van der Waals surface area contributed by atoms with Gasteiger partial charge < -0.3 is 4.74 Å². The average molecular weight is 436 g/mol. The molecule has 4 aliphatic rings. The average Bonchev–Trinajstić information content (AvgIpc) is 3.20. The Labute approximate surface area is 190 Å². The van der Waals surface area contributed by atoms with Gasteiger partial charge in [0.05, 0.1) is 23.9 Å². The smallest absolute Gasteiger partial charge is 0.339 e. The van der Waals surface area contributed by atoms with E-state index in [-0.39, 0.29) is 54.1 Å². The van der Waals surface area contributed by atoms with Gasteiger partial charge in [-0.1, -0.05) is 48.5 Å². The maximum atomic E-state index is 13.6. The van der Waals surface area contributed by atoms with E-state index in [0.29, 0.717) is 5.56 Å². The van der Waals surface area contributed by atoms with Crippen LogP contribution in [-0.4, -0.2) is 40.8 Å². The number of likely N-dealkylation sites (tertiary alicyclic amines) is 1. The molecule has 2 heterocycles. The van der Waals surface area contributed by atoms with Crippen molar-refractivity contribution in [3.8, 4) is 0 Å². The Bertz CT molecular complexity index is 1280. The molecule has 3 aliphatic carbocycles. The lowest BCUT2D eigenvalue weighted by Crippen LogP contribution is -2.55. The van der Waals surface area contributed by atoms with Crippen molar-refractivity contribution in [1.29, 1.82) is 0 Å². The minimum Gasteiger partial charge on any atom is -0.460 e. The minimum absolute atomic E-state index is 0.0259. The second kappa shape index (κ2) is 6.38. The van der Waals surface area contributed by atoms with Gasteiger partial charge in [0.25, 0.3) is 0 Å². The van der Waals surface area contributed by atoms with E-state index in [1.165, 1.54) is 33.4 Å². The molecule has 1 spiro atoms. The Hall–Kier alpha value is -3.80. The molecular weight excluding hydrogens is 416 g/mol. The van der Waals surface area contributed by atoms with Gasteiger partial charge >= 0.3 is 5.97 Å². The summed E-state index contributed by atoms with van der Waals surface area (Å²) >= 11 is 0. The summed E-state index contributed by atoms with van der Waals surface area (Å²) in [7, 11) is 0. The van der Waals surface area contributed by atoms with Gasteiger partial charge in [-0.25, -0.2) is 4.79 Å². The van der Waals surface area contributed by atoms with Crippen molar-refractivity contribution in [3.05, 3.63) is 101 Å². The molecule has 7 rings (SSSR count). The molecular formula is C27H20N2O4. The maximum Gasteiger partial charge on any atom is 0.339 e. The number of fused-ring (bicyclic) bond motifs is 7. The lowest BCUT2D eigenvalue weighted by molar-refractivity contribution is -0.141. The second-order valence-corrected chi connectivity index (χ2v) is 9.26. The zero-order valence-electron chi connectivity index (χ0n) is 17.7. The van der Waals surface area contributed by atoms with Gasteiger partial charge in [-0.05, 0) is 34.4 Å².